The van der Waals surface area contributed by atoms with Crippen molar-refractivity contribution in [3.8, 4) is 11.5 Å². The predicted octanol–water partition coefficient (Wildman–Crippen LogP) is 5.15. The Morgan fingerprint density at radius 2 is 1.71 bits per heavy atom. The summed E-state index contributed by atoms with van der Waals surface area (Å²) in [6, 6.07) is 15.7. The monoisotopic (exact) mass is 413 g/mol. The summed E-state index contributed by atoms with van der Waals surface area (Å²) >= 11 is 6.30. The summed E-state index contributed by atoms with van der Waals surface area (Å²) in [6.45, 7) is 5.22. The smallest absolute Gasteiger partial charge is 0.263 e. The van der Waals surface area contributed by atoms with Crippen LogP contribution in [-0.2, 0) is 4.79 Å². The number of carbonyl (C=O) groups excluding carboxylic acids is 1. The quantitative estimate of drug-likeness (QED) is 0.369. The maximum atomic E-state index is 11.9. The molecule has 1 N–H and O–H groups in total. The molecule has 2 aromatic carbocycles. The molecule has 0 aliphatic carbocycles. The van der Waals surface area contributed by atoms with Gasteiger partial charge in [-0.2, -0.15) is 0 Å². The van der Waals surface area contributed by atoms with Crippen LogP contribution in [0.5, 0.6) is 11.5 Å². The van der Waals surface area contributed by atoms with Gasteiger partial charge in [-0.1, -0.05) is 74.2 Å². The lowest BCUT2D eigenvalue weighted by molar-refractivity contribution is -0.115. The fourth-order valence-corrected chi connectivity index (χ4v) is 3.87. The van der Waals surface area contributed by atoms with Crippen molar-refractivity contribution < 1.29 is 14.3 Å². The molecule has 3 rings (SSSR count). The highest BCUT2D eigenvalue weighted by Gasteiger charge is 2.22. The van der Waals surface area contributed by atoms with E-state index in [0.717, 1.165) is 17.7 Å². The average Bonchev–Trinajstić information content (AvgIpc) is 3.03. The highest BCUT2D eigenvalue weighted by Crippen LogP contribution is 2.30. The van der Waals surface area contributed by atoms with Crippen LogP contribution in [0.15, 0.2) is 53.4 Å². The van der Waals surface area contributed by atoms with Crippen molar-refractivity contribution in [3.05, 3.63) is 64.6 Å². The molecule has 28 heavy (non-hydrogen) atoms. The van der Waals surface area contributed by atoms with E-state index in [4.69, 9.17) is 21.7 Å². The van der Waals surface area contributed by atoms with Gasteiger partial charge in [0.25, 0.3) is 5.91 Å². The Bertz CT molecular complexity index is 895. The van der Waals surface area contributed by atoms with Gasteiger partial charge in [-0.05, 0) is 36.1 Å². The molecule has 146 valence electrons. The van der Waals surface area contributed by atoms with Gasteiger partial charge >= 0.3 is 0 Å². The third-order valence-electron chi connectivity index (χ3n) is 4.51. The first kappa shape index (κ1) is 20.4. The number of nitrogens with one attached hydrogen (secondary N) is 1. The van der Waals surface area contributed by atoms with E-state index < -0.39 is 0 Å². The zero-order chi connectivity index (χ0) is 19.9. The van der Waals surface area contributed by atoms with Crippen LogP contribution in [0.25, 0.3) is 6.08 Å². The van der Waals surface area contributed by atoms with Gasteiger partial charge in [-0.3, -0.25) is 4.79 Å². The van der Waals surface area contributed by atoms with Gasteiger partial charge < -0.3 is 14.8 Å². The van der Waals surface area contributed by atoms with E-state index in [-0.39, 0.29) is 5.91 Å². The molecule has 1 saturated heterocycles. The second-order valence-electron chi connectivity index (χ2n) is 6.43. The topological polar surface area (TPSA) is 47.6 Å². The SMILES string of the molecule is CC[C@@H](C)c1ccccc1OCCOc1ccccc1/C=C1/SC(=S)NC1=O. The number of benzene rings is 2. The molecular weight excluding hydrogens is 390 g/mol. The Morgan fingerprint density at radius 1 is 1.07 bits per heavy atom. The van der Waals surface area contributed by atoms with Gasteiger partial charge in [0.05, 0.1) is 4.91 Å². The molecule has 1 atom stereocenters. The lowest BCUT2D eigenvalue weighted by Crippen LogP contribution is -2.17. The Kier molecular flexibility index (Phi) is 7.12. The molecule has 6 heteroatoms. The number of rotatable bonds is 8. The van der Waals surface area contributed by atoms with Crippen molar-refractivity contribution in [2.45, 2.75) is 26.2 Å². The van der Waals surface area contributed by atoms with Crippen LogP contribution in [0, 0.1) is 0 Å². The normalized spacial score (nSPS) is 16.1. The molecule has 0 saturated carbocycles. The maximum absolute atomic E-state index is 11.9. The van der Waals surface area contributed by atoms with Crippen LogP contribution in [0.4, 0.5) is 0 Å². The summed E-state index contributed by atoms with van der Waals surface area (Å²) in [4.78, 5) is 12.4. The number of hydrogen-bond acceptors (Lipinski definition) is 5. The summed E-state index contributed by atoms with van der Waals surface area (Å²) in [6.07, 6.45) is 2.86. The van der Waals surface area contributed by atoms with E-state index in [0.29, 0.717) is 34.1 Å². The third kappa shape index (κ3) is 5.14. The number of ether oxygens (including phenoxy) is 2. The minimum absolute atomic E-state index is 0.171. The molecule has 1 aliphatic heterocycles. The molecule has 1 heterocycles. The Morgan fingerprint density at radius 3 is 2.39 bits per heavy atom. The number of para-hydroxylation sites is 2. The maximum Gasteiger partial charge on any atom is 0.263 e. The number of hydrogen-bond donors (Lipinski definition) is 1. The minimum atomic E-state index is -0.171. The third-order valence-corrected chi connectivity index (χ3v) is 5.67. The van der Waals surface area contributed by atoms with Crippen LogP contribution in [-0.4, -0.2) is 23.4 Å². The summed E-state index contributed by atoms with van der Waals surface area (Å²) in [5, 5.41) is 2.62. The van der Waals surface area contributed by atoms with E-state index >= 15 is 0 Å². The molecule has 1 fully saturated rings. The van der Waals surface area contributed by atoms with Gasteiger partial charge in [-0.15, -0.1) is 0 Å². The van der Waals surface area contributed by atoms with Crippen LogP contribution >= 0.6 is 24.0 Å². The number of amides is 1. The summed E-state index contributed by atoms with van der Waals surface area (Å²) < 4.78 is 12.4. The van der Waals surface area contributed by atoms with Crippen LogP contribution in [0.2, 0.25) is 0 Å². The molecule has 0 unspecified atom stereocenters. The first-order valence-corrected chi connectivity index (χ1v) is 10.5. The summed E-state index contributed by atoms with van der Waals surface area (Å²) in [5.41, 5.74) is 2.06. The van der Waals surface area contributed by atoms with Crippen LogP contribution < -0.4 is 14.8 Å². The molecule has 1 aliphatic rings. The molecular formula is C22H23NO3S2. The minimum Gasteiger partial charge on any atom is -0.490 e. The molecule has 0 spiro atoms. The van der Waals surface area contributed by atoms with Gasteiger partial charge in [-0.25, -0.2) is 0 Å². The largest absolute Gasteiger partial charge is 0.490 e. The average molecular weight is 414 g/mol. The van der Waals surface area contributed by atoms with Crippen molar-refractivity contribution >= 4 is 40.3 Å². The Labute approximate surface area is 175 Å². The molecule has 4 nitrogen and oxygen atoms in total. The van der Waals surface area contributed by atoms with Crippen molar-refractivity contribution in [1.82, 2.24) is 5.32 Å². The van der Waals surface area contributed by atoms with Gasteiger partial charge in [0.15, 0.2) is 0 Å². The fourth-order valence-electron chi connectivity index (χ4n) is 2.84. The standard InChI is InChI=1S/C22H23NO3S2/c1-3-15(2)17-9-5-7-11-19(17)26-13-12-25-18-10-6-4-8-16(18)14-20-21(24)23-22(27)28-20/h4-11,14-15H,3,12-13H2,1-2H3,(H,23,24,27)/b20-14+/t15-/m1/s1. The summed E-state index contributed by atoms with van der Waals surface area (Å²) in [7, 11) is 0. The van der Waals surface area contributed by atoms with Crippen LogP contribution in [0.3, 0.4) is 0 Å². The van der Waals surface area contributed by atoms with Crippen molar-refractivity contribution in [1.29, 1.82) is 0 Å². The van der Waals surface area contributed by atoms with E-state index in [1.807, 2.05) is 42.5 Å². The zero-order valence-corrected chi connectivity index (χ0v) is 17.6. The van der Waals surface area contributed by atoms with Crippen molar-refractivity contribution in [3.63, 3.8) is 0 Å². The first-order valence-electron chi connectivity index (χ1n) is 9.27. The van der Waals surface area contributed by atoms with E-state index in [9.17, 15) is 4.79 Å². The van der Waals surface area contributed by atoms with E-state index in [2.05, 4.69) is 25.2 Å². The fraction of sp³-hybridized carbons (Fsp3) is 0.273. The summed E-state index contributed by atoms with van der Waals surface area (Å²) in [5.74, 6) is 1.89. The molecule has 0 bridgehead atoms. The van der Waals surface area contributed by atoms with Crippen molar-refractivity contribution in [2.24, 2.45) is 0 Å². The highest BCUT2D eigenvalue weighted by atomic mass is 32.2. The van der Waals surface area contributed by atoms with Gasteiger partial charge in [0.2, 0.25) is 0 Å². The zero-order valence-electron chi connectivity index (χ0n) is 15.9. The second-order valence-corrected chi connectivity index (χ2v) is 8.15. The molecule has 1 amide bonds. The molecule has 2 aromatic rings. The van der Waals surface area contributed by atoms with E-state index in [1.54, 1.807) is 6.08 Å². The molecule has 0 radical (unpaired) electrons. The lowest BCUT2D eigenvalue weighted by Gasteiger charge is -2.16. The number of carbonyl (C=O) groups is 1. The Balaban J connectivity index is 1.62. The van der Waals surface area contributed by atoms with E-state index in [1.165, 1.54) is 17.3 Å². The second kappa shape index (κ2) is 9.75. The number of thiocarbonyl (C=S) groups is 1. The first-order chi connectivity index (χ1) is 13.6. The van der Waals surface area contributed by atoms with Gasteiger partial charge in [0.1, 0.15) is 29.0 Å². The molecule has 0 aromatic heterocycles. The van der Waals surface area contributed by atoms with Crippen molar-refractivity contribution in [2.75, 3.05) is 13.2 Å². The van der Waals surface area contributed by atoms with Crippen LogP contribution in [0.1, 0.15) is 37.3 Å². The van der Waals surface area contributed by atoms with Gasteiger partial charge in [0, 0.05) is 5.56 Å². The number of thioether (sulfide) groups is 1. The lowest BCUT2D eigenvalue weighted by atomic mass is 9.98. The predicted molar refractivity (Wildman–Crippen MR) is 119 cm³/mol. The highest BCUT2D eigenvalue weighted by molar-refractivity contribution is 8.26. The Hall–Kier alpha value is -2.31.